The summed E-state index contributed by atoms with van der Waals surface area (Å²) in [5.41, 5.74) is -0.170. The molecule has 2 aliphatic rings. The second-order valence-corrected chi connectivity index (χ2v) is 4.62. The predicted molar refractivity (Wildman–Crippen MR) is 56.2 cm³/mol. The lowest BCUT2D eigenvalue weighted by atomic mass is 9.94. The van der Waals surface area contributed by atoms with Crippen molar-refractivity contribution in [3.05, 3.63) is 28.5 Å². The molecule has 0 N–H and O–H groups in total. The van der Waals surface area contributed by atoms with Crippen molar-refractivity contribution in [1.82, 2.24) is 4.98 Å². The zero-order valence-corrected chi connectivity index (χ0v) is 9.58. The average molecular weight is 262 g/mol. The van der Waals surface area contributed by atoms with Gasteiger partial charge in [-0.05, 0) is 12.1 Å². The third-order valence-electron chi connectivity index (χ3n) is 3.20. The Labute approximate surface area is 102 Å². The van der Waals surface area contributed by atoms with Crippen molar-refractivity contribution in [2.45, 2.75) is 24.6 Å². The molecule has 2 fully saturated rings. The normalized spacial score (nSPS) is 31.4. The number of alkyl halides is 2. The molecule has 17 heavy (non-hydrogen) atoms. The number of fused-ring (bicyclic) bond motifs is 1. The molecule has 0 aromatic carbocycles. The van der Waals surface area contributed by atoms with Crippen molar-refractivity contribution < 1.29 is 18.3 Å². The van der Waals surface area contributed by atoms with Gasteiger partial charge in [0, 0.05) is 18.6 Å². The molecule has 3 heterocycles. The number of hydrogen-bond acceptors (Lipinski definition) is 3. The van der Waals surface area contributed by atoms with E-state index in [1.54, 1.807) is 0 Å². The largest absolute Gasteiger partial charge is 0.378 e. The predicted octanol–water partition coefficient (Wildman–Crippen LogP) is 2.69. The Morgan fingerprint density at radius 2 is 2.29 bits per heavy atom. The van der Waals surface area contributed by atoms with Crippen LogP contribution in [0.3, 0.4) is 0 Å². The van der Waals surface area contributed by atoms with Gasteiger partial charge < -0.3 is 9.47 Å². The fraction of sp³-hybridized carbons (Fsp3) is 0.545. The molecule has 3 nitrogen and oxygen atoms in total. The molecule has 0 spiro atoms. The van der Waals surface area contributed by atoms with E-state index in [2.05, 4.69) is 4.98 Å². The molecule has 0 saturated carbocycles. The Kier molecular flexibility index (Phi) is 2.57. The zero-order chi connectivity index (χ0) is 12.0. The van der Waals surface area contributed by atoms with E-state index in [-0.39, 0.29) is 16.8 Å². The number of ether oxygens (including phenoxy) is 2. The summed E-state index contributed by atoms with van der Waals surface area (Å²) in [6, 6.07) is 2.56. The van der Waals surface area contributed by atoms with Gasteiger partial charge in [0.2, 0.25) is 0 Å². The van der Waals surface area contributed by atoms with Crippen LogP contribution in [0.15, 0.2) is 12.1 Å². The van der Waals surface area contributed by atoms with Crippen LogP contribution in [0.25, 0.3) is 0 Å². The summed E-state index contributed by atoms with van der Waals surface area (Å²) >= 11 is 5.76. The van der Waals surface area contributed by atoms with Crippen LogP contribution in [0.4, 0.5) is 8.78 Å². The summed E-state index contributed by atoms with van der Waals surface area (Å²) in [7, 11) is 0. The average Bonchev–Trinajstić information content (AvgIpc) is 3.03. The Morgan fingerprint density at radius 3 is 3.00 bits per heavy atom. The van der Waals surface area contributed by atoms with E-state index in [0.29, 0.717) is 25.3 Å². The second kappa shape index (κ2) is 3.86. The van der Waals surface area contributed by atoms with E-state index >= 15 is 0 Å². The van der Waals surface area contributed by atoms with Gasteiger partial charge in [0.25, 0.3) is 6.43 Å². The summed E-state index contributed by atoms with van der Waals surface area (Å²) in [5, 5.41) is 0.0768. The molecule has 2 unspecified atom stereocenters. The van der Waals surface area contributed by atoms with Crippen molar-refractivity contribution in [3.8, 4) is 0 Å². The van der Waals surface area contributed by atoms with Gasteiger partial charge in [-0.1, -0.05) is 11.6 Å². The Balaban J connectivity index is 1.98. The summed E-state index contributed by atoms with van der Waals surface area (Å²) in [5.74, 6) is 0. The molecule has 0 amide bonds. The lowest BCUT2D eigenvalue weighted by Crippen LogP contribution is -2.25. The van der Waals surface area contributed by atoms with E-state index < -0.39 is 12.0 Å². The van der Waals surface area contributed by atoms with Crippen LogP contribution in [0.2, 0.25) is 5.15 Å². The molecule has 3 rings (SSSR count). The smallest absolute Gasteiger partial charge is 0.264 e. The van der Waals surface area contributed by atoms with Crippen molar-refractivity contribution in [2.75, 3.05) is 13.2 Å². The Morgan fingerprint density at radius 1 is 1.47 bits per heavy atom. The lowest BCUT2D eigenvalue weighted by Gasteiger charge is -2.18. The topological polar surface area (TPSA) is 34.6 Å². The highest BCUT2D eigenvalue weighted by Gasteiger charge is 2.60. The first-order valence-corrected chi connectivity index (χ1v) is 5.71. The molecule has 1 aromatic heterocycles. The van der Waals surface area contributed by atoms with E-state index in [1.807, 2.05) is 0 Å². The van der Waals surface area contributed by atoms with Gasteiger partial charge in [-0.15, -0.1) is 0 Å². The van der Waals surface area contributed by atoms with Crippen LogP contribution in [0.5, 0.6) is 0 Å². The van der Waals surface area contributed by atoms with Crippen LogP contribution >= 0.6 is 11.6 Å². The van der Waals surface area contributed by atoms with Gasteiger partial charge in [0.15, 0.2) is 0 Å². The highest BCUT2D eigenvalue weighted by atomic mass is 35.5. The summed E-state index contributed by atoms with van der Waals surface area (Å²) in [4.78, 5) is 4.10. The highest BCUT2D eigenvalue weighted by molar-refractivity contribution is 6.29. The molecule has 2 aliphatic heterocycles. The number of hydrogen-bond donors (Lipinski definition) is 0. The number of halogens is 3. The summed E-state index contributed by atoms with van der Waals surface area (Å²) in [6.45, 7) is 1.03. The minimum Gasteiger partial charge on any atom is -0.378 e. The molecule has 2 atom stereocenters. The monoisotopic (exact) mass is 261 g/mol. The Hall–Kier alpha value is -0.780. The standard InChI is InChI=1S/C11H10ClF2NO2/c12-9-4-6(10(13)14)3-7(15-9)11-1-2-16-5-8(11)17-11/h3-4,8,10H,1-2,5H2. The number of rotatable bonds is 2. The number of epoxide rings is 1. The van der Waals surface area contributed by atoms with Gasteiger partial charge in [-0.2, -0.15) is 0 Å². The van der Waals surface area contributed by atoms with Crippen LogP contribution < -0.4 is 0 Å². The molecule has 0 aliphatic carbocycles. The molecule has 1 aromatic rings. The third-order valence-corrected chi connectivity index (χ3v) is 3.40. The zero-order valence-electron chi connectivity index (χ0n) is 8.83. The van der Waals surface area contributed by atoms with Gasteiger partial charge >= 0.3 is 0 Å². The van der Waals surface area contributed by atoms with E-state index in [4.69, 9.17) is 21.1 Å². The fourth-order valence-corrected chi connectivity index (χ4v) is 2.45. The van der Waals surface area contributed by atoms with Crippen molar-refractivity contribution in [2.24, 2.45) is 0 Å². The summed E-state index contributed by atoms with van der Waals surface area (Å²) in [6.07, 6.45) is -2.00. The second-order valence-electron chi connectivity index (χ2n) is 4.23. The van der Waals surface area contributed by atoms with Gasteiger partial charge in [0.05, 0.1) is 12.3 Å². The maximum Gasteiger partial charge on any atom is 0.264 e. The first-order valence-electron chi connectivity index (χ1n) is 5.33. The number of aromatic nitrogens is 1. The first-order chi connectivity index (χ1) is 8.12. The molecular weight excluding hydrogens is 252 g/mol. The van der Waals surface area contributed by atoms with Gasteiger partial charge in [0.1, 0.15) is 16.9 Å². The van der Waals surface area contributed by atoms with Crippen LogP contribution in [0.1, 0.15) is 24.1 Å². The van der Waals surface area contributed by atoms with Crippen LogP contribution in [0, 0.1) is 0 Å². The van der Waals surface area contributed by atoms with Gasteiger partial charge in [-0.3, -0.25) is 0 Å². The molecule has 0 bridgehead atoms. The summed E-state index contributed by atoms with van der Waals surface area (Å²) < 4.78 is 36.2. The van der Waals surface area contributed by atoms with Crippen molar-refractivity contribution >= 4 is 11.6 Å². The van der Waals surface area contributed by atoms with E-state index in [9.17, 15) is 8.78 Å². The quantitative estimate of drug-likeness (QED) is 0.606. The maximum atomic E-state index is 12.7. The molecule has 92 valence electrons. The first kappa shape index (κ1) is 11.3. The highest BCUT2D eigenvalue weighted by Crippen LogP contribution is 2.51. The van der Waals surface area contributed by atoms with E-state index in [1.165, 1.54) is 12.1 Å². The third kappa shape index (κ3) is 1.82. The number of nitrogens with zero attached hydrogens (tertiary/aromatic N) is 1. The van der Waals surface area contributed by atoms with Crippen LogP contribution in [-0.4, -0.2) is 24.3 Å². The van der Waals surface area contributed by atoms with Crippen LogP contribution in [-0.2, 0) is 15.1 Å². The molecule has 2 saturated heterocycles. The lowest BCUT2D eigenvalue weighted by molar-refractivity contribution is 0.0965. The molecular formula is C11H10ClF2NO2. The van der Waals surface area contributed by atoms with Crippen molar-refractivity contribution in [3.63, 3.8) is 0 Å². The van der Waals surface area contributed by atoms with Gasteiger partial charge in [-0.25, -0.2) is 13.8 Å². The number of pyridine rings is 1. The molecule has 6 heteroatoms. The minimum atomic E-state index is -2.55. The SMILES string of the molecule is FC(F)c1cc(Cl)nc(C23CCOCC2O3)c1. The maximum absolute atomic E-state index is 12.7. The Bertz CT molecular complexity index is 457. The van der Waals surface area contributed by atoms with E-state index in [0.717, 1.165) is 0 Å². The van der Waals surface area contributed by atoms with Crippen molar-refractivity contribution in [1.29, 1.82) is 0 Å². The molecule has 0 radical (unpaired) electrons. The minimum absolute atomic E-state index is 0.0762. The fourth-order valence-electron chi connectivity index (χ4n) is 2.24.